The van der Waals surface area contributed by atoms with Crippen molar-refractivity contribution in [1.29, 1.82) is 0 Å². The second-order valence-corrected chi connectivity index (χ2v) is 7.42. The Labute approximate surface area is 177 Å². The van der Waals surface area contributed by atoms with Gasteiger partial charge in [0.25, 0.3) is 5.91 Å². The van der Waals surface area contributed by atoms with Crippen LogP contribution in [-0.2, 0) is 17.9 Å². The number of benzene rings is 2. The molecular weight excluding hydrogens is 400 g/mol. The minimum absolute atomic E-state index is 0.0793. The number of furan rings is 1. The fourth-order valence-corrected chi connectivity index (χ4v) is 3.60. The molecule has 0 aliphatic rings. The molecule has 0 atom stereocenters. The predicted molar refractivity (Wildman–Crippen MR) is 116 cm³/mol. The molecule has 2 heterocycles. The highest BCUT2D eigenvalue weighted by Gasteiger charge is 2.16. The third-order valence-electron chi connectivity index (χ3n) is 4.54. The number of fused-ring (bicyclic) bond motifs is 1. The van der Waals surface area contributed by atoms with Gasteiger partial charge in [-0.25, -0.2) is 4.98 Å². The number of rotatable bonds is 7. The third kappa shape index (κ3) is 4.38. The Morgan fingerprint density at radius 3 is 2.77 bits per heavy atom. The molecule has 30 heavy (non-hydrogen) atoms. The van der Waals surface area contributed by atoms with Crippen molar-refractivity contribution >= 4 is 40.3 Å². The van der Waals surface area contributed by atoms with Gasteiger partial charge in [-0.3, -0.25) is 9.59 Å². The topological polar surface area (TPSA) is 89.2 Å². The molecule has 0 fully saturated rings. The molecule has 0 saturated heterocycles. The molecule has 0 radical (unpaired) electrons. The number of carbonyl (C=O) groups excluding carboxylic acids is 2. The summed E-state index contributed by atoms with van der Waals surface area (Å²) in [6.45, 7) is 0.249. The van der Waals surface area contributed by atoms with Gasteiger partial charge in [0, 0.05) is 10.6 Å². The molecule has 0 unspecified atom stereocenters. The summed E-state index contributed by atoms with van der Waals surface area (Å²) < 4.78 is 6.93. The number of amides is 2. The van der Waals surface area contributed by atoms with Gasteiger partial charge in [-0.05, 0) is 48.7 Å². The summed E-state index contributed by atoms with van der Waals surface area (Å²) in [4.78, 5) is 30.6. The molecule has 152 valence electrons. The number of hydrogen-bond donors (Lipinski definition) is 2. The molecule has 7 nitrogen and oxygen atoms in total. The smallest absolute Gasteiger partial charge is 0.287 e. The van der Waals surface area contributed by atoms with Crippen molar-refractivity contribution in [1.82, 2.24) is 14.9 Å². The molecule has 0 bridgehead atoms. The number of nitrogens with zero attached hydrogens (tertiary/aromatic N) is 2. The standard InChI is InChI=1S/C22H20N4O3S/c1-30-16-7-4-6-15(12-16)24-21(27)14-26-18-9-3-2-8-17(18)25-20(26)13-23-22(28)19-10-5-11-29-19/h2-12H,13-14H2,1H3,(H,23,28)(H,24,27). The lowest BCUT2D eigenvalue weighted by molar-refractivity contribution is -0.116. The largest absolute Gasteiger partial charge is 0.459 e. The lowest BCUT2D eigenvalue weighted by atomic mass is 10.3. The first-order valence-electron chi connectivity index (χ1n) is 9.34. The molecular formula is C22H20N4O3S. The van der Waals surface area contributed by atoms with Gasteiger partial charge in [0.1, 0.15) is 12.4 Å². The lowest BCUT2D eigenvalue weighted by Gasteiger charge is -2.11. The second kappa shape index (κ2) is 8.87. The predicted octanol–water partition coefficient (Wildman–Crippen LogP) is 3.92. The average Bonchev–Trinajstić information content (AvgIpc) is 3.41. The second-order valence-electron chi connectivity index (χ2n) is 6.54. The summed E-state index contributed by atoms with van der Waals surface area (Å²) in [5, 5.41) is 5.72. The van der Waals surface area contributed by atoms with Gasteiger partial charge in [-0.2, -0.15) is 0 Å². The Morgan fingerprint density at radius 2 is 1.97 bits per heavy atom. The first-order chi connectivity index (χ1) is 14.6. The van der Waals surface area contributed by atoms with Crippen molar-refractivity contribution in [3.05, 3.63) is 78.5 Å². The highest BCUT2D eigenvalue weighted by molar-refractivity contribution is 7.98. The van der Waals surface area contributed by atoms with Crippen molar-refractivity contribution < 1.29 is 14.0 Å². The molecule has 8 heteroatoms. The highest BCUT2D eigenvalue weighted by Crippen LogP contribution is 2.20. The van der Waals surface area contributed by atoms with Crippen LogP contribution in [-0.4, -0.2) is 27.6 Å². The van der Waals surface area contributed by atoms with Crippen molar-refractivity contribution in [3.8, 4) is 0 Å². The van der Waals surface area contributed by atoms with E-state index in [0.717, 1.165) is 21.6 Å². The molecule has 0 aliphatic heterocycles. The maximum absolute atomic E-state index is 12.7. The quantitative estimate of drug-likeness (QED) is 0.443. The van der Waals surface area contributed by atoms with Crippen LogP contribution in [0, 0.1) is 0 Å². The molecule has 2 amide bonds. The minimum Gasteiger partial charge on any atom is -0.459 e. The van der Waals surface area contributed by atoms with Gasteiger partial charge in [0.15, 0.2) is 5.76 Å². The molecule has 0 saturated carbocycles. The number of hydrogen-bond acceptors (Lipinski definition) is 5. The van der Waals surface area contributed by atoms with Crippen LogP contribution in [0.5, 0.6) is 0 Å². The first-order valence-corrected chi connectivity index (χ1v) is 10.6. The normalized spacial score (nSPS) is 10.8. The number of carbonyl (C=O) groups is 2. The van der Waals surface area contributed by atoms with Crippen molar-refractivity contribution in [3.63, 3.8) is 0 Å². The zero-order valence-corrected chi connectivity index (χ0v) is 17.1. The molecule has 0 spiro atoms. The summed E-state index contributed by atoms with van der Waals surface area (Å²) in [5.74, 6) is 0.306. The van der Waals surface area contributed by atoms with E-state index in [1.54, 1.807) is 23.9 Å². The maximum Gasteiger partial charge on any atom is 0.287 e. The summed E-state index contributed by atoms with van der Waals surface area (Å²) in [6.07, 6.45) is 3.43. The maximum atomic E-state index is 12.7. The molecule has 4 aromatic rings. The molecule has 2 aromatic carbocycles. The van der Waals surface area contributed by atoms with Crippen LogP contribution in [0.15, 0.2) is 76.2 Å². The van der Waals surface area contributed by atoms with E-state index in [2.05, 4.69) is 15.6 Å². The van der Waals surface area contributed by atoms with Gasteiger partial charge in [0.2, 0.25) is 5.91 Å². The Hall–Kier alpha value is -3.52. The van der Waals surface area contributed by atoms with E-state index in [1.165, 1.54) is 6.26 Å². The van der Waals surface area contributed by atoms with E-state index in [0.29, 0.717) is 5.82 Å². The molecule has 2 aromatic heterocycles. The van der Waals surface area contributed by atoms with E-state index >= 15 is 0 Å². The summed E-state index contributed by atoms with van der Waals surface area (Å²) in [6, 6.07) is 18.5. The fourth-order valence-electron chi connectivity index (χ4n) is 3.14. The van der Waals surface area contributed by atoms with Gasteiger partial charge in [-0.1, -0.05) is 18.2 Å². The van der Waals surface area contributed by atoms with Crippen LogP contribution >= 0.6 is 11.8 Å². The van der Waals surface area contributed by atoms with Crippen LogP contribution in [0.2, 0.25) is 0 Å². The van der Waals surface area contributed by atoms with Gasteiger partial charge in [-0.15, -0.1) is 11.8 Å². The van der Waals surface area contributed by atoms with E-state index in [1.807, 2.05) is 59.4 Å². The number of imidazole rings is 1. The Kier molecular flexibility index (Phi) is 5.85. The van der Waals surface area contributed by atoms with E-state index in [9.17, 15) is 9.59 Å². The number of nitrogens with one attached hydrogen (secondary N) is 2. The minimum atomic E-state index is -0.336. The zero-order valence-electron chi connectivity index (χ0n) is 16.3. The third-order valence-corrected chi connectivity index (χ3v) is 5.27. The van der Waals surface area contributed by atoms with Gasteiger partial charge < -0.3 is 19.6 Å². The van der Waals surface area contributed by atoms with Crippen molar-refractivity contribution in [2.45, 2.75) is 18.0 Å². The number of anilines is 1. The Balaban J connectivity index is 1.53. The van der Waals surface area contributed by atoms with E-state index < -0.39 is 0 Å². The number of thioether (sulfide) groups is 1. The zero-order chi connectivity index (χ0) is 20.9. The van der Waals surface area contributed by atoms with Crippen LogP contribution in [0.25, 0.3) is 11.0 Å². The first kappa shape index (κ1) is 19.8. The summed E-state index contributed by atoms with van der Waals surface area (Å²) >= 11 is 1.61. The summed E-state index contributed by atoms with van der Waals surface area (Å²) in [7, 11) is 0. The van der Waals surface area contributed by atoms with Crippen LogP contribution < -0.4 is 10.6 Å². The monoisotopic (exact) mass is 420 g/mol. The highest BCUT2D eigenvalue weighted by atomic mass is 32.2. The lowest BCUT2D eigenvalue weighted by Crippen LogP contribution is -2.26. The Morgan fingerprint density at radius 1 is 1.10 bits per heavy atom. The van der Waals surface area contributed by atoms with Crippen LogP contribution in [0.4, 0.5) is 5.69 Å². The van der Waals surface area contributed by atoms with Crippen LogP contribution in [0.1, 0.15) is 16.4 Å². The number of aromatic nitrogens is 2. The van der Waals surface area contributed by atoms with Crippen molar-refractivity contribution in [2.75, 3.05) is 11.6 Å². The molecule has 4 rings (SSSR count). The molecule has 2 N–H and O–H groups in total. The summed E-state index contributed by atoms with van der Waals surface area (Å²) in [5.41, 5.74) is 2.33. The average molecular weight is 420 g/mol. The SMILES string of the molecule is CSc1cccc(NC(=O)Cn2c(CNC(=O)c3ccco3)nc3ccccc32)c1. The van der Waals surface area contributed by atoms with Crippen LogP contribution in [0.3, 0.4) is 0 Å². The Bertz CT molecular complexity index is 1180. The van der Waals surface area contributed by atoms with Crippen molar-refractivity contribution in [2.24, 2.45) is 0 Å². The molecule has 0 aliphatic carbocycles. The van der Waals surface area contributed by atoms with E-state index in [4.69, 9.17) is 4.42 Å². The van der Waals surface area contributed by atoms with Gasteiger partial charge >= 0.3 is 0 Å². The number of para-hydroxylation sites is 2. The van der Waals surface area contributed by atoms with Gasteiger partial charge in [0.05, 0.1) is 23.8 Å². The fraction of sp³-hybridized carbons (Fsp3) is 0.136. The van der Waals surface area contributed by atoms with E-state index in [-0.39, 0.29) is 30.7 Å².